The van der Waals surface area contributed by atoms with E-state index in [9.17, 15) is 9.59 Å². The van der Waals surface area contributed by atoms with E-state index < -0.39 is 11.2 Å². The third kappa shape index (κ3) is 3.07. The number of benzene rings is 1. The standard InChI is InChI=1S/C19H21BrN6O3/c1-10(2)7-8-25-14-16(27)21-19(28)24(3)17(14)26-15(22-23-18(25)26)12-9-11(20)5-6-13(12)29-4/h5-6,9-10H,7-8H2,1-4H3,(H,21,27,28). The first-order valence-electron chi connectivity index (χ1n) is 9.24. The highest BCUT2D eigenvalue weighted by Crippen LogP contribution is 2.33. The first kappa shape index (κ1) is 19.4. The molecule has 0 amide bonds. The summed E-state index contributed by atoms with van der Waals surface area (Å²) < 4.78 is 11.3. The molecule has 0 atom stereocenters. The van der Waals surface area contributed by atoms with Crippen LogP contribution in [-0.4, -0.2) is 35.8 Å². The van der Waals surface area contributed by atoms with Gasteiger partial charge < -0.3 is 9.30 Å². The summed E-state index contributed by atoms with van der Waals surface area (Å²) in [6.07, 6.45) is 0.851. The average Bonchev–Trinajstić information content (AvgIpc) is 3.23. The smallest absolute Gasteiger partial charge is 0.329 e. The predicted molar refractivity (Wildman–Crippen MR) is 113 cm³/mol. The summed E-state index contributed by atoms with van der Waals surface area (Å²) in [6.45, 7) is 4.81. The molecular formula is C19H21BrN6O3. The molecule has 4 aromatic rings. The van der Waals surface area contributed by atoms with Crippen LogP contribution in [0.5, 0.6) is 5.75 Å². The molecule has 4 rings (SSSR count). The zero-order valence-electron chi connectivity index (χ0n) is 16.6. The van der Waals surface area contributed by atoms with E-state index in [1.807, 2.05) is 22.8 Å². The van der Waals surface area contributed by atoms with Crippen molar-refractivity contribution in [2.75, 3.05) is 7.11 Å². The minimum absolute atomic E-state index is 0.396. The van der Waals surface area contributed by atoms with Crippen LogP contribution >= 0.6 is 15.9 Å². The molecule has 3 heterocycles. The molecule has 0 unspecified atom stereocenters. The number of rotatable bonds is 5. The highest BCUT2D eigenvalue weighted by molar-refractivity contribution is 9.10. The van der Waals surface area contributed by atoms with Crippen LogP contribution in [0, 0.1) is 5.92 Å². The molecular weight excluding hydrogens is 440 g/mol. The van der Waals surface area contributed by atoms with E-state index in [2.05, 4.69) is 45.0 Å². The Labute approximate surface area is 174 Å². The maximum absolute atomic E-state index is 12.7. The lowest BCUT2D eigenvalue weighted by atomic mass is 10.1. The van der Waals surface area contributed by atoms with Gasteiger partial charge in [0.1, 0.15) is 5.75 Å². The van der Waals surface area contributed by atoms with Gasteiger partial charge in [-0.1, -0.05) is 29.8 Å². The van der Waals surface area contributed by atoms with Crippen molar-refractivity contribution in [1.29, 1.82) is 0 Å². The summed E-state index contributed by atoms with van der Waals surface area (Å²) in [4.78, 5) is 27.4. The number of H-pyrrole nitrogens is 1. The van der Waals surface area contributed by atoms with E-state index in [4.69, 9.17) is 4.74 Å². The number of ether oxygens (including phenoxy) is 1. The molecule has 0 aliphatic heterocycles. The Morgan fingerprint density at radius 1 is 1.24 bits per heavy atom. The monoisotopic (exact) mass is 460 g/mol. The van der Waals surface area contributed by atoms with Gasteiger partial charge >= 0.3 is 5.69 Å². The zero-order chi connectivity index (χ0) is 20.9. The first-order chi connectivity index (χ1) is 13.8. The predicted octanol–water partition coefficient (Wildman–Crippen LogP) is 2.56. The van der Waals surface area contributed by atoms with Gasteiger partial charge in [0.05, 0.1) is 12.7 Å². The molecule has 10 heteroatoms. The molecule has 0 fully saturated rings. The Bertz CT molecular complexity index is 1340. The summed E-state index contributed by atoms with van der Waals surface area (Å²) >= 11 is 3.48. The summed E-state index contributed by atoms with van der Waals surface area (Å²) in [6, 6.07) is 5.56. The van der Waals surface area contributed by atoms with Gasteiger partial charge in [-0.05, 0) is 30.5 Å². The fourth-order valence-electron chi connectivity index (χ4n) is 3.47. The van der Waals surface area contributed by atoms with E-state index in [0.717, 1.165) is 10.9 Å². The van der Waals surface area contributed by atoms with Gasteiger partial charge in [-0.25, -0.2) is 9.20 Å². The highest BCUT2D eigenvalue weighted by atomic mass is 79.9. The van der Waals surface area contributed by atoms with Crippen molar-refractivity contribution in [1.82, 2.24) is 28.7 Å². The molecule has 9 nitrogen and oxygen atoms in total. The summed E-state index contributed by atoms with van der Waals surface area (Å²) in [5.74, 6) is 2.04. The molecule has 0 aliphatic rings. The quantitative estimate of drug-likeness (QED) is 0.493. The molecule has 0 radical (unpaired) electrons. The van der Waals surface area contributed by atoms with Gasteiger partial charge in [-0.2, -0.15) is 0 Å². The molecule has 152 valence electrons. The van der Waals surface area contributed by atoms with E-state index in [1.165, 1.54) is 4.57 Å². The average molecular weight is 461 g/mol. The van der Waals surface area contributed by atoms with Crippen molar-refractivity contribution in [2.24, 2.45) is 13.0 Å². The van der Waals surface area contributed by atoms with Crippen molar-refractivity contribution in [3.63, 3.8) is 0 Å². The second-order valence-electron chi connectivity index (χ2n) is 7.33. The normalized spacial score (nSPS) is 11.8. The third-order valence-corrected chi connectivity index (χ3v) is 5.46. The van der Waals surface area contributed by atoms with Crippen LogP contribution in [-0.2, 0) is 13.6 Å². The van der Waals surface area contributed by atoms with Gasteiger partial charge in [0.2, 0.25) is 5.78 Å². The van der Waals surface area contributed by atoms with Gasteiger partial charge in [0, 0.05) is 18.1 Å². The number of aryl methyl sites for hydroxylation is 2. The largest absolute Gasteiger partial charge is 0.496 e. The Kier molecular flexibility index (Phi) is 4.81. The lowest BCUT2D eigenvalue weighted by Crippen LogP contribution is -2.29. The second kappa shape index (κ2) is 7.18. The third-order valence-electron chi connectivity index (χ3n) is 4.97. The Balaban J connectivity index is 2.15. The van der Waals surface area contributed by atoms with Crippen LogP contribution in [0.2, 0.25) is 0 Å². The molecule has 0 saturated carbocycles. The Morgan fingerprint density at radius 3 is 2.69 bits per heavy atom. The Morgan fingerprint density at radius 2 is 2.00 bits per heavy atom. The van der Waals surface area contributed by atoms with E-state index in [-0.39, 0.29) is 0 Å². The molecule has 0 spiro atoms. The van der Waals surface area contributed by atoms with Gasteiger partial charge in [0.15, 0.2) is 17.0 Å². The fraction of sp³-hybridized carbons (Fsp3) is 0.368. The summed E-state index contributed by atoms with van der Waals surface area (Å²) in [5, 5.41) is 8.74. The maximum atomic E-state index is 12.7. The van der Waals surface area contributed by atoms with Crippen LogP contribution in [0.3, 0.4) is 0 Å². The molecule has 29 heavy (non-hydrogen) atoms. The second-order valence-corrected chi connectivity index (χ2v) is 8.24. The number of imidazole rings is 1. The number of nitrogens with one attached hydrogen (secondary N) is 1. The van der Waals surface area contributed by atoms with Crippen molar-refractivity contribution >= 4 is 32.9 Å². The first-order valence-corrected chi connectivity index (χ1v) is 10.0. The van der Waals surface area contributed by atoms with Crippen LogP contribution in [0.4, 0.5) is 0 Å². The lowest BCUT2D eigenvalue weighted by molar-refractivity contribution is 0.416. The van der Waals surface area contributed by atoms with Gasteiger partial charge in [-0.15, -0.1) is 10.2 Å². The maximum Gasteiger partial charge on any atom is 0.329 e. The zero-order valence-corrected chi connectivity index (χ0v) is 18.1. The molecule has 0 saturated heterocycles. The number of fused-ring (bicyclic) bond motifs is 3. The van der Waals surface area contributed by atoms with Gasteiger partial charge in [-0.3, -0.25) is 14.3 Å². The van der Waals surface area contributed by atoms with Crippen molar-refractivity contribution < 1.29 is 4.74 Å². The van der Waals surface area contributed by atoms with Crippen LogP contribution in [0.1, 0.15) is 20.3 Å². The Hall–Kier alpha value is -2.88. The molecule has 0 bridgehead atoms. The number of nitrogens with zero attached hydrogens (tertiary/aromatic N) is 5. The minimum Gasteiger partial charge on any atom is -0.496 e. The van der Waals surface area contributed by atoms with Crippen LogP contribution < -0.4 is 16.0 Å². The SMILES string of the molecule is COc1ccc(Br)cc1-c1nnc2n(CCC(C)C)c3c(=O)[nH]c(=O)n(C)c3n12. The number of halogens is 1. The van der Waals surface area contributed by atoms with Crippen molar-refractivity contribution in [2.45, 2.75) is 26.8 Å². The van der Waals surface area contributed by atoms with E-state index >= 15 is 0 Å². The summed E-state index contributed by atoms with van der Waals surface area (Å²) in [7, 11) is 3.20. The van der Waals surface area contributed by atoms with E-state index in [0.29, 0.717) is 46.5 Å². The molecule has 1 N–H and O–H groups in total. The topological polar surface area (TPSA) is 99.2 Å². The van der Waals surface area contributed by atoms with Crippen LogP contribution in [0.25, 0.3) is 28.3 Å². The van der Waals surface area contributed by atoms with Gasteiger partial charge in [0.25, 0.3) is 5.56 Å². The van der Waals surface area contributed by atoms with Crippen molar-refractivity contribution in [3.05, 3.63) is 43.5 Å². The highest BCUT2D eigenvalue weighted by Gasteiger charge is 2.24. The summed E-state index contributed by atoms with van der Waals surface area (Å²) in [5.41, 5.74) is 0.605. The minimum atomic E-state index is -0.494. The van der Waals surface area contributed by atoms with Crippen LogP contribution in [0.15, 0.2) is 32.3 Å². The number of aromatic nitrogens is 6. The van der Waals surface area contributed by atoms with Crippen molar-refractivity contribution in [3.8, 4) is 17.1 Å². The number of aromatic amines is 1. The molecule has 3 aromatic heterocycles. The lowest BCUT2D eigenvalue weighted by Gasteiger charge is -2.08. The number of methoxy groups -OCH3 is 1. The van der Waals surface area contributed by atoms with E-state index in [1.54, 1.807) is 18.6 Å². The number of hydrogen-bond donors (Lipinski definition) is 1. The molecule has 1 aromatic carbocycles. The number of hydrogen-bond acceptors (Lipinski definition) is 5. The molecule has 0 aliphatic carbocycles. The fourth-order valence-corrected chi connectivity index (χ4v) is 3.83.